The molecule has 3 aromatic carbocycles. The first-order valence-corrected chi connectivity index (χ1v) is 12.4. The number of amides is 1. The van der Waals surface area contributed by atoms with Crippen molar-refractivity contribution >= 4 is 29.0 Å². The van der Waals surface area contributed by atoms with Crippen LogP contribution in [0.4, 0.5) is 11.4 Å². The predicted molar refractivity (Wildman–Crippen MR) is 139 cm³/mol. The summed E-state index contributed by atoms with van der Waals surface area (Å²) in [7, 11) is 0. The van der Waals surface area contributed by atoms with Gasteiger partial charge in [0.25, 0.3) is 5.69 Å². The van der Waals surface area contributed by atoms with Gasteiger partial charge in [0, 0.05) is 11.6 Å². The van der Waals surface area contributed by atoms with Crippen LogP contribution in [-0.2, 0) is 11.3 Å². The first-order valence-electron chi connectivity index (χ1n) is 11.4. The lowest BCUT2D eigenvalue weighted by Gasteiger charge is -2.12. The molecule has 2 heterocycles. The normalized spacial score (nSPS) is 11.9. The fraction of sp³-hybridized carbons (Fsp3) is 0.192. The van der Waals surface area contributed by atoms with Crippen LogP contribution in [0.1, 0.15) is 16.7 Å². The maximum Gasteiger partial charge on any atom is 0.293 e. The number of nitro groups is 1. The van der Waals surface area contributed by atoms with Crippen molar-refractivity contribution in [3.63, 3.8) is 0 Å². The van der Waals surface area contributed by atoms with Gasteiger partial charge >= 0.3 is 0 Å². The smallest absolute Gasteiger partial charge is 0.293 e. The zero-order chi connectivity index (χ0) is 25.9. The molecule has 0 saturated carbocycles. The van der Waals surface area contributed by atoms with Crippen molar-refractivity contribution in [2.24, 2.45) is 0 Å². The third-order valence-electron chi connectivity index (χ3n) is 5.94. The van der Waals surface area contributed by atoms with Crippen molar-refractivity contribution in [1.29, 1.82) is 0 Å². The van der Waals surface area contributed by atoms with Gasteiger partial charge in [0.1, 0.15) is 5.69 Å². The van der Waals surface area contributed by atoms with Crippen LogP contribution < -0.4 is 14.8 Å². The van der Waals surface area contributed by atoms with E-state index in [1.54, 1.807) is 13.0 Å². The molecule has 1 N–H and O–H groups in total. The standard InChI is InChI=1S/C26H23N5O5S/c1-16-10-20(21(31(33)34)11-17(16)2)27-24(32)14-37-26-29-28-25(19-6-4-3-5-7-19)30(26)13-18-8-9-22-23(12-18)36-15-35-22/h3-12H,13-15H2,1-2H3,(H,27,32). The van der Waals surface area contributed by atoms with Crippen LogP contribution in [0.15, 0.2) is 65.8 Å². The minimum absolute atomic E-state index is 0.00184. The number of benzene rings is 3. The molecule has 0 radical (unpaired) electrons. The average molecular weight is 518 g/mol. The van der Waals surface area contributed by atoms with E-state index in [1.165, 1.54) is 17.8 Å². The van der Waals surface area contributed by atoms with Crippen molar-refractivity contribution in [3.8, 4) is 22.9 Å². The molecule has 1 aliphatic rings. The van der Waals surface area contributed by atoms with E-state index >= 15 is 0 Å². The number of aryl methyl sites for hydroxylation is 2. The number of fused-ring (bicyclic) bond motifs is 1. The van der Waals surface area contributed by atoms with Crippen LogP contribution in [0.25, 0.3) is 11.4 Å². The van der Waals surface area contributed by atoms with Gasteiger partial charge in [0.2, 0.25) is 12.7 Å². The Bertz CT molecular complexity index is 1490. The van der Waals surface area contributed by atoms with Gasteiger partial charge in [-0.3, -0.25) is 19.5 Å². The molecule has 37 heavy (non-hydrogen) atoms. The molecule has 1 amide bonds. The summed E-state index contributed by atoms with van der Waals surface area (Å²) in [6, 6.07) is 18.5. The van der Waals surface area contributed by atoms with Gasteiger partial charge < -0.3 is 14.8 Å². The molecule has 1 aromatic heterocycles. The van der Waals surface area contributed by atoms with Crippen LogP contribution in [-0.4, -0.2) is 38.1 Å². The Balaban J connectivity index is 1.38. The summed E-state index contributed by atoms with van der Waals surface area (Å²) in [6.07, 6.45) is 0. The fourth-order valence-electron chi connectivity index (χ4n) is 3.93. The molecule has 0 atom stereocenters. The monoisotopic (exact) mass is 517 g/mol. The number of rotatable bonds is 8. The molecule has 0 fully saturated rings. The summed E-state index contributed by atoms with van der Waals surface area (Å²) in [5, 5.41) is 23.4. The van der Waals surface area contributed by atoms with Crippen molar-refractivity contribution in [3.05, 3.63) is 87.5 Å². The highest BCUT2D eigenvalue weighted by Crippen LogP contribution is 2.34. The predicted octanol–water partition coefficient (Wildman–Crippen LogP) is 4.98. The molecular weight excluding hydrogens is 494 g/mol. The first kappa shape index (κ1) is 24.3. The molecule has 4 aromatic rings. The Morgan fingerprint density at radius 3 is 2.59 bits per heavy atom. The third kappa shape index (κ3) is 5.26. The molecule has 10 nitrogen and oxygen atoms in total. The summed E-state index contributed by atoms with van der Waals surface area (Å²) < 4.78 is 12.9. The van der Waals surface area contributed by atoms with Crippen molar-refractivity contribution in [2.45, 2.75) is 25.5 Å². The molecule has 0 spiro atoms. The fourth-order valence-corrected chi connectivity index (χ4v) is 4.67. The van der Waals surface area contributed by atoms with Gasteiger partial charge in [0.15, 0.2) is 22.5 Å². The minimum Gasteiger partial charge on any atom is -0.454 e. The number of hydrogen-bond acceptors (Lipinski definition) is 8. The van der Waals surface area contributed by atoms with E-state index in [0.29, 0.717) is 29.0 Å². The molecular formula is C26H23N5O5S. The second-order valence-corrected chi connectivity index (χ2v) is 9.44. The highest BCUT2D eigenvalue weighted by Gasteiger charge is 2.21. The first-order chi connectivity index (χ1) is 17.9. The zero-order valence-corrected chi connectivity index (χ0v) is 20.9. The summed E-state index contributed by atoms with van der Waals surface area (Å²) in [4.78, 5) is 23.8. The largest absolute Gasteiger partial charge is 0.454 e. The molecule has 1 aliphatic heterocycles. The van der Waals surface area contributed by atoms with E-state index in [0.717, 1.165) is 22.3 Å². The second kappa shape index (κ2) is 10.3. The number of nitrogens with one attached hydrogen (secondary N) is 1. The van der Waals surface area contributed by atoms with E-state index in [1.807, 2.05) is 60.0 Å². The molecule has 0 aliphatic carbocycles. The second-order valence-electron chi connectivity index (χ2n) is 8.49. The number of aromatic nitrogens is 3. The van der Waals surface area contributed by atoms with Crippen LogP contribution in [0.3, 0.4) is 0 Å². The zero-order valence-electron chi connectivity index (χ0n) is 20.1. The highest BCUT2D eigenvalue weighted by molar-refractivity contribution is 7.99. The summed E-state index contributed by atoms with van der Waals surface area (Å²) >= 11 is 1.21. The molecule has 5 rings (SSSR count). The number of thioether (sulfide) groups is 1. The lowest BCUT2D eigenvalue weighted by Crippen LogP contribution is -2.16. The van der Waals surface area contributed by atoms with E-state index in [-0.39, 0.29) is 29.8 Å². The van der Waals surface area contributed by atoms with Gasteiger partial charge in [-0.2, -0.15) is 0 Å². The van der Waals surface area contributed by atoms with Crippen LogP contribution in [0.5, 0.6) is 11.5 Å². The van der Waals surface area contributed by atoms with Crippen LogP contribution in [0.2, 0.25) is 0 Å². The number of carbonyl (C=O) groups excluding carboxylic acids is 1. The van der Waals surface area contributed by atoms with Gasteiger partial charge in [-0.15, -0.1) is 10.2 Å². The van der Waals surface area contributed by atoms with Gasteiger partial charge in [-0.05, 0) is 48.7 Å². The lowest BCUT2D eigenvalue weighted by atomic mass is 10.1. The maximum absolute atomic E-state index is 12.8. The topological polar surface area (TPSA) is 121 Å². The van der Waals surface area contributed by atoms with E-state index in [4.69, 9.17) is 9.47 Å². The molecule has 11 heteroatoms. The molecule has 0 bridgehead atoms. The Morgan fingerprint density at radius 2 is 1.81 bits per heavy atom. The minimum atomic E-state index is -0.497. The number of ether oxygens (including phenoxy) is 2. The third-order valence-corrected chi connectivity index (χ3v) is 6.91. The van der Waals surface area contributed by atoms with Gasteiger partial charge in [-0.1, -0.05) is 48.2 Å². The lowest BCUT2D eigenvalue weighted by molar-refractivity contribution is -0.384. The van der Waals surface area contributed by atoms with Crippen molar-refractivity contribution in [2.75, 3.05) is 17.9 Å². The summed E-state index contributed by atoms with van der Waals surface area (Å²) in [5.74, 6) is 1.65. The van der Waals surface area contributed by atoms with Crippen molar-refractivity contribution in [1.82, 2.24) is 14.8 Å². The molecule has 0 unspecified atom stereocenters. The van der Waals surface area contributed by atoms with E-state index < -0.39 is 4.92 Å². The Kier molecular flexibility index (Phi) is 6.78. The Hall–Kier alpha value is -4.38. The Labute approximate surface area is 216 Å². The summed E-state index contributed by atoms with van der Waals surface area (Å²) in [6.45, 7) is 4.27. The SMILES string of the molecule is Cc1cc(NC(=O)CSc2nnc(-c3ccccc3)n2Cc2ccc3c(c2)OCO3)c([N+](=O)[O-])cc1C. The van der Waals surface area contributed by atoms with Crippen LogP contribution >= 0.6 is 11.8 Å². The summed E-state index contributed by atoms with van der Waals surface area (Å²) in [5.41, 5.74) is 3.51. The quantitative estimate of drug-likeness (QED) is 0.197. The number of nitrogens with zero attached hydrogens (tertiary/aromatic N) is 4. The molecule has 0 saturated heterocycles. The number of nitro benzene ring substituents is 1. The number of hydrogen-bond donors (Lipinski definition) is 1. The highest BCUT2D eigenvalue weighted by atomic mass is 32.2. The van der Waals surface area contributed by atoms with Gasteiger partial charge in [0.05, 0.1) is 17.2 Å². The Morgan fingerprint density at radius 1 is 1.05 bits per heavy atom. The number of carbonyl (C=O) groups is 1. The van der Waals surface area contributed by atoms with Crippen molar-refractivity contribution < 1.29 is 19.2 Å². The molecule has 188 valence electrons. The van der Waals surface area contributed by atoms with E-state index in [9.17, 15) is 14.9 Å². The van der Waals surface area contributed by atoms with Crippen LogP contribution in [0, 0.1) is 24.0 Å². The average Bonchev–Trinajstić information content (AvgIpc) is 3.52. The van der Waals surface area contributed by atoms with E-state index in [2.05, 4.69) is 15.5 Å². The maximum atomic E-state index is 12.8. The van der Waals surface area contributed by atoms with Gasteiger partial charge in [-0.25, -0.2) is 0 Å². The number of anilines is 1.